The molecular weight excluding hydrogens is 168 g/mol. The lowest BCUT2D eigenvalue weighted by atomic mass is 10.2. The number of ether oxygens (including phenoxy) is 1. The van der Waals surface area contributed by atoms with Crippen molar-refractivity contribution in [2.75, 3.05) is 11.5 Å². The van der Waals surface area contributed by atoms with Gasteiger partial charge in [-0.2, -0.15) is 0 Å². The Morgan fingerprint density at radius 2 is 1.92 bits per heavy atom. The highest BCUT2D eigenvalue weighted by molar-refractivity contribution is 5.86. The number of nitrogens with two attached hydrogens (primary N) is 2. The van der Waals surface area contributed by atoms with Crippen LogP contribution < -0.4 is 16.2 Å². The molecular formula is C9H10N2O2. The van der Waals surface area contributed by atoms with Gasteiger partial charge in [0.1, 0.15) is 0 Å². The van der Waals surface area contributed by atoms with E-state index in [1.54, 1.807) is 18.2 Å². The molecule has 0 aliphatic heterocycles. The van der Waals surface area contributed by atoms with E-state index >= 15 is 0 Å². The van der Waals surface area contributed by atoms with Gasteiger partial charge in [0.25, 0.3) is 0 Å². The van der Waals surface area contributed by atoms with Crippen LogP contribution in [-0.2, 0) is 4.79 Å². The molecule has 0 aromatic heterocycles. The third-order valence-corrected chi connectivity index (χ3v) is 1.45. The fraction of sp³-hybridized carbons (Fsp3) is 0. The highest BCUT2D eigenvalue weighted by atomic mass is 16.5. The molecule has 4 nitrogen and oxygen atoms in total. The Bertz CT molecular complexity index is 327. The van der Waals surface area contributed by atoms with E-state index in [1.165, 1.54) is 0 Å². The van der Waals surface area contributed by atoms with E-state index in [1.807, 2.05) is 0 Å². The summed E-state index contributed by atoms with van der Waals surface area (Å²) in [4.78, 5) is 10.8. The molecule has 1 rings (SSSR count). The maximum atomic E-state index is 10.8. The maximum Gasteiger partial charge on any atom is 0.335 e. The molecule has 0 aliphatic rings. The number of para-hydroxylation sites is 1. The number of esters is 1. The van der Waals surface area contributed by atoms with E-state index in [0.29, 0.717) is 11.4 Å². The fourth-order valence-corrected chi connectivity index (χ4v) is 0.834. The molecule has 4 heteroatoms. The SMILES string of the molecule is C=CC(=O)Oc1c(N)cccc1N. The fourth-order valence-electron chi connectivity index (χ4n) is 0.834. The van der Waals surface area contributed by atoms with Crippen LogP contribution in [0.2, 0.25) is 0 Å². The summed E-state index contributed by atoms with van der Waals surface area (Å²) in [6.07, 6.45) is 1.05. The zero-order chi connectivity index (χ0) is 9.84. The zero-order valence-corrected chi connectivity index (χ0v) is 6.99. The first-order valence-corrected chi connectivity index (χ1v) is 3.63. The van der Waals surface area contributed by atoms with Gasteiger partial charge in [-0.05, 0) is 12.1 Å². The molecule has 4 N–H and O–H groups in total. The highest BCUT2D eigenvalue weighted by Gasteiger charge is 2.07. The van der Waals surface area contributed by atoms with Crippen LogP contribution in [-0.4, -0.2) is 5.97 Å². The number of nitrogen functional groups attached to an aromatic ring is 2. The normalized spacial score (nSPS) is 9.23. The van der Waals surface area contributed by atoms with Gasteiger partial charge in [0, 0.05) is 6.08 Å². The first-order valence-electron chi connectivity index (χ1n) is 3.63. The number of carbonyl (C=O) groups is 1. The van der Waals surface area contributed by atoms with Crippen molar-refractivity contribution in [2.45, 2.75) is 0 Å². The Kier molecular flexibility index (Phi) is 2.54. The number of hydrogen-bond acceptors (Lipinski definition) is 4. The van der Waals surface area contributed by atoms with Crippen molar-refractivity contribution in [1.82, 2.24) is 0 Å². The number of rotatable bonds is 2. The maximum absolute atomic E-state index is 10.8. The first-order chi connectivity index (χ1) is 6.15. The third kappa shape index (κ3) is 1.99. The van der Waals surface area contributed by atoms with Crippen molar-refractivity contribution in [3.05, 3.63) is 30.9 Å². The second-order valence-corrected chi connectivity index (χ2v) is 2.39. The van der Waals surface area contributed by atoms with Crippen LogP contribution in [0.1, 0.15) is 0 Å². The number of hydrogen-bond donors (Lipinski definition) is 2. The van der Waals surface area contributed by atoms with Crippen LogP contribution in [0, 0.1) is 0 Å². The van der Waals surface area contributed by atoms with Gasteiger partial charge >= 0.3 is 5.97 Å². The molecule has 0 unspecified atom stereocenters. The topological polar surface area (TPSA) is 78.3 Å². The molecule has 0 atom stereocenters. The predicted octanol–water partition coefficient (Wildman–Crippen LogP) is 0.942. The molecule has 13 heavy (non-hydrogen) atoms. The largest absolute Gasteiger partial charge is 0.419 e. The van der Waals surface area contributed by atoms with Gasteiger partial charge in [-0.1, -0.05) is 12.6 Å². The quantitative estimate of drug-likeness (QED) is 0.306. The van der Waals surface area contributed by atoms with Crippen LogP contribution in [0.25, 0.3) is 0 Å². The summed E-state index contributed by atoms with van der Waals surface area (Å²) in [6.45, 7) is 3.26. The molecule has 0 radical (unpaired) electrons. The Morgan fingerprint density at radius 3 is 2.38 bits per heavy atom. The van der Waals surface area contributed by atoms with Crippen LogP contribution in [0.4, 0.5) is 11.4 Å². The van der Waals surface area contributed by atoms with Gasteiger partial charge in [0.15, 0.2) is 5.75 Å². The van der Waals surface area contributed by atoms with E-state index in [-0.39, 0.29) is 5.75 Å². The second-order valence-electron chi connectivity index (χ2n) is 2.39. The number of anilines is 2. The van der Waals surface area contributed by atoms with E-state index in [4.69, 9.17) is 16.2 Å². The minimum atomic E-state index is -0.579. The van der Waals surface area contributed by atoms with E-state index < -0.39 is 5.97 Å². The lowest BCUT2D eigenvalue weighted by Crippen LogP contribution is -2.07. The Balaban J connectivity index is 2.99. The highest BCUT2D eigenvalue weighted by Crippen LogP contribution is 2.28. The smallest absolute Gasteiger partial charge is 0.335 e. The summed E-state index contributed by atoms with van der Waals surface area (Å²) < 4.78 is 4.82. The Morgan fingerprint density at radius 1 is 1.38 bits per heavy atom. The molecule has 68 valence electrons. The van der Waals surface area contributed by atoms with Gasteiger partial charge in [-0.15, -0.1) is 0 Å². The summed E-state index contributed by atoms with van der Waals surface area (Å²) in [7, 11) is 0. The lowest BCUT2D eigenvalue weighted by Gasteiger charge is -2.07. The number of benzene rings is 1. The minimum absolute atomic E-state index is 0.187. The molecule has 0 saturated heterocycles. The molecule has 0 spiro atoms. The van der Waals surface area contributed by atoms with Crippen molar-refractivity contribution in [1.29, 1.82) is 0 Å². The summed E-state index contributed by atoms with van der Waals surface area (Å²) in [5.41, 5.74) is 11.7. The lowest BCUT2D eigenvalue weighted by molar-refractivity contribution is -0.128. The average molecular weight is 178 g/mol. The Hall–Kier alpha value is -1.97. The Labute approximate surface area is 75.8 Å². The van der Waals surface area contributed by atoms with Crippen molar-refractivity contribution in [3.63, 3.8) is 0 Å². The van der Waals surface area contributed by atoms with Gasteiger partial charge < -0.3 is 16.2 Å². The molecule has 0 bridgehead atoms. The van der Waals surface area contributed by atoms with Crippen LogP contribution >= 0.6 is 0 Å². The van der Waals surface area contributed by atoms with Crippen molar-refractivity contribution in [3.8, 4) is 5.75 Å². The molecule has 0 heterocycles. The predicted molar refractivity (Wildman–Crippen MR) is 51.1 cm³/mol. The summed E-state index contributed by atoms with van der Waals surface area (Å²) in [5.74, 6) is -0.392. The first kappa shape index (κ1) is 9.12. The standard InChI is InChI=1S/C9H10N2O2/c1-2-8(12)13-9-6(10)4-3-5-7(9)11/h2-5H,1,10-11H2. The van der Waals surface area contributed by atoms with Crippen molar-refractivity contribution in [2.24, 2.45) is 0 Å². The average Bonchev–Trinajstić information content (AvgIpc) is 2.11. The number of carbonyl (C=O) groups excluding carboxylic acids is 1. The second kappa shape index (κ2) is 3.62. The molecule has 0 saturated carbocycles. The van der Waals surface area contributed by atoms with Gasteiger partial charge in [0.05, 0.1) is 11.4 Å². The zero-order valence-electron chi connectivity index (χ0n) is 6.99. The van der Waals surface area contributed by atoms with E-state index in [0.717, 1.165) is 6.08 Å². The molecule has 1 aromatic rings. The summed E-state index contributed by atoms with van der Waals surface area (Å²) >= 11 is 0. The summed E-state index contributed by atoms with van der Waals surface area (Å²) in [5, 5.41) is 0. The van der Waals surface area contributed by atoms with E-state index in [9.17, 15) is 4.79 Å². The van der Waals surface area contributed by atoms with E-state index in [2.05, 4.69) is 6.58 Å². The van der Waals surface area contributed by atoms with Crippen molar-refractivity contribution >= 4 is 17.3 Å². The van der Waals surface area contributed by atoms with Crippen LogP contribution in [0.5, 0.6) is 5.75 Å². The van der Waals surface area contributed by atoms with Gasteiger partial charge in [0.2, 0.25) is 0 Å². The van der Waals surface area contributed by atoms with Crippen molar-refractivity contribution < 1.29 is 9.53 Å². The van der Waals surface area contributed by atoms with Crippen LogP contribution in [0.3, 0.4) is 0 Å². The molecule has 1 aromatic carbocycles. The molecule has 0 aliphatic carbocycles. The monoisotopic (exact) mass is 178 g/mol. The molecule has 0 fully saturated rings. The summed E-state index contributed by atoms with van der Waals surface area (Å²) in [6, 6.07) is 4.88. The third-order valence-electron chi connectivity index (χ3n) is 1.45. The van der Waals surface area contributed by atoms with Crippen LogP contribution in [0.15, 0.2) is 30.9 Å². The van der Waals surface area contributed by atoms with Gasteiger partial charge in [-0.3, -0.25) is 0 Å². The molecule has 0 amide bonds. The minimum Gasteiger partial charge on any atom is -0.419 e. The van der Waals surface area contributed by atoms with Gasteiger partial charge in [-0.25, -0.2) is 4.79 Å².